The van der Waals surface area contributed by atoms with Crippen LogP contribution in [0.25, 0.3) is 0 Å². The van der Waals surface area contributed by atoms with E-state index in [-0.39, 0.29) is 23.8 Å². The number of anilines is 2. The molecule has 2 atom stereocenters. The second-order valence-corrected chi connectivity index (χ2v) is 8.20. The number of nitrogens with zero attached hydrogens (tertiary/aromatic N) is 4. The van der Waals surface area contributed by atoms with Gasteiger partial charge in [-0.05, 0) is 24.6 Å². The van der Waals surface area contributed by atoms with Crippen LogP contribution in [0.5, 0.6) is 0 Å². The van der Waals surface area contributed by atoms with Crippen molar-refractivity contribution in [3.63, 3.8) is 0 Å². The van der Waals surface area contributed by atoms with E-state index < -0.39 is 24.2 Å². The molecule has 11 heteroatoms. The molecule has 5 rings (SSSR count). The maximum atomic E-state index is 13.8. The van der Waals surface area contributed by atoms with Gasteiger partial charge in [-0.2, -0.15) is 23.4 Å². The Hall–Kier alpha value is -4.02. The Morgan fingerprint density at radius 2 is 2.00 bits per heavy atom. The van der Waals surface area contributed by atoms with Crippen LogP contribution < -0.4 is 10.6 Å². The normalized spacial score (nSPS) is 17.8. The van der Waals surface area contributed by atoms with Crippen molar-refractivity contribution in [3.8, 4) is 0 Å². The fourth-order valence-corrected chi connectivity index (χ4v) is 3.94. The molecule has 0 spiro atoms. The van der Waals surface area contributed by atoms with Crippen LogP contribution in [0.15, 0.2) is 65.4 Å². The summed E-state index contributed by atoms with van der Waals surface area (Å²) in [5.41, 5.74) is 2.05. The smallest absolute Gasteiger partial charge is 0.410 e. The van der Waals surface area contributed by atoms with Crippen LogP contribution in [0, 0.1) is 6.92 Å². The van der Waals surface area contributed by atoms with Gasteiger partial charge in [0, 0.05) is 24.8 Å². The Kier molecular flexibility index (Phi) is 5.39. The average Bonchev–Trinajstić information content (AvgIpc) is 3.54. The molecule has 1 aliphatic heterocycles. The molecular weight excluding hydrogens is 449 g/mol. The number of carbonyl (C=O) groups excluding carboxylic acids is 1. The maximum Gasteiger partial charge on any atom is 0.410 e. The Morgan fingerprint density at radius 3 is 2.71 bits per heavy atom. The lowest BCUT2D eigenvalue weighted by atomic mass is 10.0. The largest absolute Gasteiger partial charge is 0.467 e. The predicted molar refractivity (Wildman–Crippen MR) is 117 cm³/mol. The predicted octanol–water partition coefficient (Wildman–Crippen LogP) is 4.94. The molecule has 1 aromatic carbocycles. The first-order chi connectivity index (χ1) is 16.3. The number of aryl methyl sites for hydroxylation is 1. The molecule has 8 nitrogen and oxygen atoms in total. The summed E-state index contributed by atoms with van der Waals surface area (Å²) in [5.74, 6) is 0.0912. The third-order valence-corrected chi connectivity index (χ3v) is 5.66. The maximum absolute atomic E-state index is 13.8. The minimum Gasteiger partial charge on any atom is -0.467 e. The summed E-state index contributed by atoms with van der Waals surface area (Å²) in [4.78, 5) is 12.7. The van der Waals surface area contributed by atoms with Crippen molar-refractivity contribution in [2.24, 2.45) is 0 Å². The van der Waals surface area contributed by atoms with Crippen molar-refractivity contribution in [1.29, 1.82) is 0 Å². The Morgan fingerprint density at radius 1 is 1.21 bits per heavy atom. The van der Waals surface area contributed by atoms with Gasteiger partial charge in [0.2, 0.25) is 0 Å². The highest BCUT2D eigenvalue weighted by Crippen LogP contribution is 2.43. The molecule has 4 aromatic rings. The minimum atomic E-state index is -4.55. The van der Waals surface area contributed by atoms with Crippen LogP contribution in [0.2, 0.25) is 0 Å². The fourth-order valence-electron chi connectivity index (χ4n) is 3.94. The number of hydrogen-bond acceptors (Lipinski definition) is 5. The van der Waals surface area contributed by atoms with E-state index in [4.69, 9.17) is 4.42 Å². The molecule has 3 aromatic heterocycles. The number of rotatable bonds is 5. The van der Waals surface area contributed by atoms with Crippen LogP contribution in [-0.4, -0.2) is 31.6 Å². The summed E-state index contributed by atoms with van der Waals surface area (Å²) in [6.45, 7) is 2.52. The molecule has 2 N–H and O–H groups in total. The van der Waals surface area contributed by atoms with Gasteiger partial charge in [0.05, 0.1) is 18.8 Å². The molecule has 1 aliphatic rings. The van der Waals surface area contributed by atoms with Crippen LogP contribution in [0.1, 0.15) is 45.9 Å². The molecule has 0 saturated heterocycles. The highest BCUT2D eigenvalue weighted by atomic mass is 19.4. The summed E-state index contributed by atoms with van der Waals surface area (Å²) in [7, 11) is 0. The quantitative estimate of drug-likeness (QED) is 0.431. The summed E-state index contributed by atoms with van der Waals surface area (Å²) in [6, 6.07) is 11.5. The van der Waals surface area contributed by atoms with Gasteiger partial charge >= 0.3 is 6.18 Å². The highest BCUT2D eigenvalue weighted by molar-refractivity contribution is 6.02. The topological polar surface area (TPSA) is 89.9 Å². The number of fused-ring (bicyclic) bond motifs is 1. The number of alkyl halides is 3. The van der Waals surface area contributed by atoms with Crippen molar-refractivity contribution < 1.29 is 22.4 Å². The number of nitrogens with one attached hydrogen (secondary N) is 2. The van der Waals surface area contributed by atoms with Crippen LogP contribution >= 0.6 is 0 Å². The standard InChI is InChI=1S/C23H21F3N6O2/c1-14-4-6-15(7-5-14)13-31-9-8-20(30-31)28-22(33)17-12-21-27-16(18-3-2-10-34-18)11-19(23(24,25)26)32(21)29-17/h2-10,12,16,19,27H,11,13H2,1H3,(H,28,30,33)/t16-,19-/m1/s1. The fraction of sp³-hybridized carbons (Fsp3) is 0.261. The summed E-state index contributed by atoms with van der Waals surface area (Å²) < 4.78 is 49.0. The first kappa shape index (κ1) is 21.8. The Balaban J connectivity index is 1.33. The summed E-state index contributed by atoms with van der Waals surface area (Å²) in [6.07, 6.45) is -1.74. The van der Waals surface area contributed by atoms with Gasteiger partial charge in [-0.25, -0.2) is 4.68 Å². The van der Waals surface area contributed by atoms with E-state index in [1.807, 2.05) is 31.2 Å². The number of halogens is 3. The SMILES string of the molecule is Cc1ccc(Cn2ccc(NC(=O)c3cc4n(n3)[C@@H](C(F)(F)F)C[C@H](c3ccco3)N4)n2)cc1. The second-order valence-electron chi connectivity index (χ2n) is 8.20. The number of benzene rings is 1. The van der Waals surface area contributed by atoms with Crippen molar-refractivity contribution >= 4 is 17.5 Å². The molecule has 0 saturated carbocycles. The number of aromatic nitrogens is 4. The Bertz CT molecular complexity index is 1290. The third kappa shape index (κ3) is 4.41. The van der Waals surface area contributed by atoms with Crippen molar-refractivity contribution in [3.05, 3.63) is 83.6 Å². The molecule has 4 heterocycles. The highest BCUT2D eigenvalue weighted by Gasteiger charge is 2.47. The monoisotopic (exact) mass is 470 g/mol. The van der Waals surface area contributed by atoms with E-state index in [1.165, 1.54) is 12.3 Å². The third-order valence-electron chi connectivity index (χ3n) is 5.66. The van der Waals surface area contributed by atoms with E-state index in [1.54, 1.807) is 29.1 Å². The lowest BCUT2D eigenvalue weighted by Crippen LogP contribution is -2.35. The van der Waals surface area contributed by atoms with Crippen LogP contribution in [0.3, 0.4) is 0 Å². The molecule has 176 valence electrons. The number of furan rings is 1. The van der Waals surface area contributed by atoms with Gasteiger partial charge in [0.25, 0.3) is 5.91 Å². The first-order valence-electron chi connectivity index (χ1n) is 10.6. The number of carbonyl (C=O) groups is 1. The summed E-state index contributed by atoms with van der Waals surface area (Å²) >= 11 is 0. The molecule has 0 radical (unpaired) electrons. The van der Waals surface area contributed by atoms with E-state index >= 15 is 0 Å². The van der Waals surface area contributed by atoms with E-state index in [9.17, 15) is 18.0 Å². The first-order valence-corrected chi connectivity index (χ1v) is 10.6. The van der Waals surface area contributed by atoms with Crippen molar-refractivity contribution in [2.45, 2.75) is 38.1 Å². The van der Waals surface area contributed by atoms with Gasteiger partial charge in [-0.15, -0.1) is 0 Å². The van der Waals surface area contributed by atoms with Gasteiger partial charge in [-0.1, -0.05) is 29.8 Å². The van der Waals surface area contributed by atoms with Crippen LogP contribution in [-0.2, 0) is 6.54 Å². The van der Waals surface area contributed by atoms with Gasteiger partial charge in [0.1, 0.15) is 11.6 Å². The zero-order valence-corrected chi connectivity index (χ0v) is 18.1. The average molecular weight is 470 g/mol. The minimum absolute atomic E-state index is 0.0880. The van der Waals surface area contributed by atoms with Gasteiger partial charge in [0.15, 0.2) is 17.6 Å². The lowest BCUT2D eigenvalue weighted by molar-refractivity contribution is -0.174. The Labute approximate surface area is 192 Å². The number of amides is 1. The molecule has 0 aliphatic carbocycles. The molecule has 34 heavy (non-hydrogen) atoms. The van der Waals surface area contributed by atoms with Crippen molar-refractivity contribution in [1.82, 2.24) is 19.6 Å². The van der Waals surface area contributed by atoms with Crippen LogP contribution in [0.4, 0.5) is 24.8 Å². The number of hydrogen-bond donors (Lipinski definition) is 2. The summed E-state index contributed by atoms with van der Waals surface area (Å²) in [5, 5.41) is 13.9. The molecule has 0 unspecified atom stereocenters. The van der Waals surface area contributed by atoms with E-state index in [0.29, 0.717) is 12.3 Å². The van der Waals surface area contributed by atoms with E-state index in [0.717, 1.165) is 15.8 Å². The molecule has 0 bridgehead atoms. The molecule has 0 fully saturated rings. The molecular formula is C23H21F3N6O2. The zero-order valence-electron chi connectivity index (χ0n) is 18.1. The lowest BCUT2D eigenvalue weighted by Gasteiger charge is -2.32. The zero-order chi connectivity index (χ0) is 23.9. The van der Waals surface area contributed by atoms with E-state index in [2.05, 4.69) is 20.8 Å². The van der Waals surface area contributed by atoms with Gasteiger partial charge < -0.3 is 15.1 Å². The second kappa shape index (κ2) is 8.40. The van der Waals surface area contributed by atoms with Gasteiger partial charge in [-0.3, -0.25) is 9.48 Å². The molecule has 1 amide bonds. The van der Waals surface area contributed by atoms with Crippen molar-refractivity contribution in [2.75, 3.05) is 10.6 Å².